The van der Waals surface area contributed by atoms with Crippen molar-refractivity contribution in [1.82, 2.24) is 0 Å². The standard InChI is InChI=1S/C5H8N3OS/c9-4-3-8(5-10)2-1-6-7-8/h4-5H,1-3H2/q+1. The molecule has 0 saturated heterocycles. The Hall–Kier alpha value is -0.680. The van der Waals surface area contributed by atoms with Crippen molar-refractivity contribution in [3.63, 3.8) is 0 Å². The van der Waals surface area contributed by atoms with E-state index in [1.54, 1.807) is 0 Å². The van der Waals surface area contributed by atoms with Crippen LogP contribution in [-0.2, 0) is 4.79 Å². The number of carbonyl (C=O) groups is 1. The lowest BCUT2D eigenvalue weighted by molar-refractivity contribution is -0.824. The maximum Gasteiger partial charge on any atom is 0.189 e. The number of thiocarbonyl (C=S) groups is 1. The molecule has 1 atom stereocenters. The molecule has 1 rings (SSSR count). The van der Waals surface area contributed by atoms with Crippen molar-refractivity contribution < 1.29 is 9.39 Å². The lowest BCUT2D eigenvalue weighted by Crippen LogP contribution is -2.40. The first-order chi connectivity index (χ1) is 4.83. The number of nitrogens with zero attached hydrogens (tertiary/aromatic N) is 3. The summed E-state index contributed by atoms with van der Waals surface area (Å²) in [7, 11) is 0. The third kappa shape index (κ3) is 1.25. The van der Waals surface area contributed by atoms with Crippen LogP contribution in [0.5, 0.6) is 0 Å². The van der Waals surface area contributed by atoms with Crippen molar-refractivity contribution in [2.24, 2.45) is 10.3 Å². The van der Waals surface area contributed by atoms with E-state index in [-0.39, 0.29) is 4.59 Å². The van der Waals surface area contributed by atoms with Crippen LogP contribution < -0.4 is 0 Å². The average Bonchev–Trinajstić information content (AvgIpc) is 2.39. The fourth-order valence-electron chi connectivity index (χ4n) is 0.807. The second-order valence-corrected chi connectivity index (χ2v) is 2.33. The lowest BCUT2D eigenvalue weighted by Gasteiger charge is -2.16. The molecule has 0 N–H and O–H groups in total. The summed E-state index contributed by atoms with van der Waals surface area (Å²) >= 11 is 4.72. The molecule has 0 spiro atoms. The molecule has 0 bridgehead atoms. The van der Waals surface area contributed by atoms with Crippen LogP contribution in [0.3, 0.4) is 0 Å². The van der Waals surface area contributed by atoms with Gasteiger partial charge >= 0.3 is 0 Å². The van der Waals surface area contributed by atoms with Crippen LogP contribution in [0.2, 0.25) is 0 Å². The smallest absolute Gasteiger partial charge is 0.189 e. The van der Waals surface area contributed by atoms with Gasteiger partial charge in [-0.15, -0.1) is 9.71 Å². The molecule has 0 aliphatic carbocycles. The molecule has 1 heterocycles. The molecule has 0 aromatic heterocycles. The van der Waals surface area contributed by atoms with Gasteiger partial charge in [-0.2, -0.15) is 0 Å². The predicted octanol–water partition coefficient (Wildman–Crippen LogP) is 0.340. The minimum absolute atomic E-state index is 0.193. The summed E-state index contributed by atoms with van der Waals surface area (Å²) < 4.78 is 0.193. The van der Waals surface area contributed by atoms with Gasteiger partial charge in [-0.3, -0.25) is 4.79 Å². The van der Waals surface area contributed by atoms with Crippen molar-refractivity contribution in [1.29, 1.82) is 0 Å². The molecule has 1 unspecified atom stereocenters. The summed E-state index contributed by atoms with van der Waals surface area (Å²) in [6.07, 6.45) is 0.813. The highest BCUT2D eigenvalue weighted by molar-refractivity contribution is 7.78. The summed E-state index contributed by atoms with van der Waals surface area (Å²) in [6, 6.07) is 0. The zero-order valence-electron chi connectivity index (χ0n) is 5.43. The van der Waals surface area contributed by atoms with E-state index in [1.807, 2.05) is 0 Å². The molecule has 0 fully saturated rings. The fraction of sp³-hybridized carbons (Fsp3) is 0.600. The Labute approximate surface area is 64.1 Å². The molecule has 0 saturated carbocycles. The van der Waals surface area contributed by atoms with Crippen LogP contribution in [0.4, 0.5) is 0 Å². The first kappa shape index (κ1) is 7.43. The van der Waals surface area contributed by atoms with E-state index in [9.17, 15) is 4.79 Å². The van der Waals surface area contributed by atoms with Crippen molar-refractivity contribution in [2.75, 3.05) is 19.6 Å². The number of carbonyl (C=O) groups excluding carboxylic acids is 1. The number of hydrogen-bond acceptors (Lipinski definition) is 4. The zero-order chi connectivity index (χ0) is 7.45. The minimum Gasteiger partial charge on any atom is -0.297 e. The molecular weight excluding hydrogens is 150 g/mol. The Morgan fingerprint density at radius 1 is 1.70 bits per heavy atom. The molecule has 5 heteroatoms. The van der Waals surface area contributed by atoms with Gasteiger partial charge in [0.15, 0.2) is 18.3 Å². The summed E-state index contributed by atoms with van der Waals surface area (Å²) in [6.45, 7) is 1.70. The second kappa shape index (κ2) is 2.94. The van der Waals surface area contributed by atoms with Crippen LogP contribution in [0.25, 0.3) is 0 Å². The summed E-state index contributed by atoms with van der Waals surface area (Å²) in [5.74, 6) is 0. The van der Waals surface area contributed by atoms with E-state index in [0.29, 0.717) is 13.1 Å². The van der Waals surface area contributed by atoms with E-state index in [0.717, 1.165) is 12.8 Å². The van der Waals surface area contributed by atoms with Crippen LogP contribution >= 0.6 is 12.2 Å². The third-order valence-corrected chi connectivity index (χ3v) is 1.81. The van der Waals surface area contributed by atoms with Crippen molar-refractivity contribution in [3.8, 4) is 0 Å². The predicted molar refractivity (Wildman–Crippen MR) is 39.4 cm³/mol. The van der Waals surface area contributed by atoms with Gasteiger partial charge in [0.05, 0.1) is 0 Å². The minimum atomic E-state index is 0.193. The van der Waals surface area contributed by atoms with E-state index in [2.05, 4.69) is 10.3 Å². The molecule has 4 nitrogen and oxygen atoms in total. The topological polar surface area (TPSA) is 41.8 Å². The Kier molecular flexibility index (Phi) is 2.18. The SMILES string of the molecule is O=CC[N+]1(C=S)CCN=N1. The zero-order valence-corrected chi connectivity index (χ0v) is 6.25. The van der Waals surface area contributed by atoms with Gasteiger partial charge in [-0.1, -0.05) is 0 Å². The highest BCUT2D eigenvalue weighted by atomic mass is 32.1. The number of rotatable bonds is 3. The Morgan fingerprint density at radius 2 is 2.50 bits per heavy atom. The maximum absolute atomic E-state index is 10.1. The van der Waals surface area contributed by atoms with Crippen LogP contribution in [0.1, 0.15) is 0 Å². The molecule has 0 aromatic rings. The van der Waals surface area contributed by atoms with Gasteiger partial charge in [0.25, 0.3) is 0 Å². The van der Waals surface area contributed by atoms with Gasteiger partial charge in [-0.05, 0) is 12.2 Å². The fourth-order valence-corrected chi connectivity index (χ4v) is 1.04. The highest BCUT2D eigenvalue weighted by Crippen LogP contribution is 2.10. The average molecular weight is 158 g/mol. The summed E-state index contributed by atoms with van der Waals surface area (Å²) in [5.41, 5.74) is 1.48. The van der Waals surface area contributed by atoms with Crippen LogP contribution in [0, 0.1) is 0 Å². The lowest BCUT2D eigenvalue weighted by atomic mass is 10.5. The number of aldehydes is 1. The number of hydrogen-bond donors (Lipinski definition) is 0. The molecule has 0 amide bonds. The van der Waals surface area contributed by atoms with Gasteiger partial charge in [0.1, 0.15) is 13.1 Å². The quantitative estimate of drug-likeness (QED) is 0.337. The summed E-state index contributed by atoms with van der Waals surface area (Å²) in [4.78, 5) is 10.1. The van der Waals surface area contributed by atoms with Crippen molar-refractivity contribution in [3.05, 3.63) is 0 Å². The normalized spacial score (nSPS) is 30.4. The Morgan fingerprint density at radius 3 is 2.90 bits per heavy atom. The maximum atomic E-state index is 10.1. The molecule has 10 heavy (non-hydrogen) atoms. The van der Waals surface area contributed by atoms with Gasteiger partial charge in [0.2, 0.25) is 0 Å². The van der Waals surface area contributed by atoms with Gasteiger partial charge in [-0.25, -0.2) is 0 Å². The first-order valence-corrected chi connectivity index (χ1v) is 3.46. The monoisotopic (exact) mass is 158 g/mol. The van der Waals surface area contributed by atoms with Crippen molar-refractivity contribution in [2.45, 2.75) is 0 Å². The van der Waals surface area contributed by atoms with E-state index in [4.69, 9.17) is 12.2 Å². The third-order valence-electron chi connectivity index (χ3n) is 1.42. The molecule has 54 valence electrons. The van der Waals surface area contributed by atoms with E-state index < -0.39 is 0 Å². The van der Waals surface area contributed by atoms with Crippen molar-refractivity contribution >= 4 is 24.0 Å². The molecule has 1 aliphatic heterocycles. The second-order valence-electron chi connectivity index (χ2n) is 2.12. The molecule has 0 radical (unpaired) electrons. The largest absolute Gasteiger partial charge is 0.297 e. The highest BCUT2D eigenvalue weighted by Gasteiger charge is 2.28. The van der Waals surface area contributed by atoms with Gasteiger partial charge in [0, 0.05) is 5.22 Å². The van der Waals surface area contributed by atoms with Gasteiger partial charge < -0.3 is 0 Å². The molecular formula is C5H8N3OS+. The first-order valence-electron chi connectivity index (χ1n) is 2.99. The van der Waals surface area contributed by atoms with E-state index in [1.165, 1.54) is 5.49 Å². The Balaban J connectivity index is 2.67. The van der Waals surface area contributed by atoms with E-state index >= 15 is 0 Å². The van der Waals surface area contributed by atoms with Crippen LogP contribution in [-0.4, -0.2) is 36.0 Å². The molecule has 0 aromatic carbocycles. The van der Waals surface area contributed by atoms with Crippen LogP contribution in [0.15, 0.2) is 10.3 Å². The Bertz CT molecular complexity index is 182. The molecule has 1 aliphatic rings. The number of quaternary nitrogens is 1. The summed E-state index contributed by atoms with van der Waals surface area (Å²) in [5, 5.41) is 7.61.